The number of aryl methyl sites for hydroxylation is 1. The van der Waals surface area contributed by atoms with Crippen LogP contribution in [0.1, 0.15) is 11.1 Å². The van der Waals surface area contributed by atoms with E-state index in [4.69, 9.17) is 19.2 Å². The third kappa shape index (κ3) is 4.68. The second kappa shape index (κ2) is 9.70. The van der Waals surface area contributed by atoms with Gasteiger partial charge in [-0.25, -0.2) is 4.98 Å². The van der Waals surface area contributed by atoms with Gasteiger partial charge in [-0.05, 0) is 36.8 Å². The van der Waals surface area contributed by atoms with Crippen LogP contribution in [0, 0.1) is 6.92 Å². The van der Waals surface area contributed by atoms with E-state index in [1.165, 1.54) is 11.3 Å². The molecule has 0 saturated carbocycles. The van der Waals surface area contributed by atoms with Gasteiger partial charge in [0.05, 0.1) is 20.8 Å². The van der Waals surface area contributed by atoms with E-state index in [0.717, 1.165) is 15.8 Å². The van der Waals surface area contributed by atoms with E-state index < -0.39 is 0 Å². The molecular formula is C25H24N2O4S. The second-order valence-electron chi connectivity index (χ2n) is 7.21. The van der Waals surface area contributed by atoms with Crippen molar-refractivity contribution in [1.29, 1.82) is 0 Å². The molecule has 0 N–H and O–H groups in total. The highest BCUT2D eigenvalue weighted by Gasteiger charge is 2.23. The quantitative estimate of drug-likeness (QED) is 0.369. The van der Waals surface area contributed by atoms with Gasteiger partial charge in [0.1, 0.15) is 27.5 Å². The number of benzene rings is 3. The molecule has 4 aromatic rings. The lowest BCUT2D eigenvalue weighted by molar-refractivity contribution is -0.120. The standard InChI is InChI=1S/C25H24N2O4S/c1-17-9-11-19(12-10-17)31-16-22(28)27(15-18-7-5-4-6-8-18)25-26-23-20(29-2)13-14-21(30-3)24(23)32-25/h4-14H,15-16H2,1-3H3. The van der Waals surface area contributed by atoms with Gasteiger partial charge in [-0.15, -0.1) is 0 Å². The summed E-state index contributed by atoms with van der Waals surface area (Å²) in [6, 6.07) is 21.1. The molecule has 0 aliphatic rings. The third-order valence-electron chi connectivity index (χ3n) is 5.00. The Morgan fingerprint density at radius 3 is 2.31 bits per heavy atom. The van der Waals surface area contributed by atoms with Crippen LogP contribution in [0.3, 0.4) is 0 Å². The van der Waals surface area contributed by atoms with Gasteiger partial charge >= 0.3 is 0 Å². The Labute approximate surface area is 191 Å². The number of hydrogen-bond donors (Lipinski definition) is 0. The van der Waals surface area contributed by atoms with Crippen molar-refractivity contribution in [1.82, 2.24) is 4.98 Å². The van der Waals surface area contributed by atoms with Crippen molar-refractivity contribution in [2.75, 3.05) is 25.7 Å². The molecule has 4 rings (SSSR count). The van der Waals surface area contributed by atoms with E-state index in [0.29, 0.717) is 34.4 Å². The lowest BCUT2D eigenvalue weighted by Gasteiger charge is -2.20. The molecule has 1 amide bonds. The van der Waals surface area contributed by atoms with E-state index in [1.54, 1.807) is 19.1 Å². The molecule has 0 bridgehead atoms. The maximum absolute atomic E-state index is 13.3. The van der Waals surface area contributed by atoms with Crippen LogP contribution in [0.5, 0.6) is 17.2 Å². The Morgan fingerprint density at radius 1 is 0.938 bits per heavy atom. The zero-order valence-electron chi connectivity index (χ0n) is 18.2. The fourth-order valence-corrected chi connectivity index (χ4v) is 4.37. The van der Waals surface area contributed by atoms with Crippen molar-refractivity contribution in [3.05, 3.63) is 77.9 Å². The van der Waals surface area contributed by atoms with Crippen LogP contribution in [-0.2, 0) is 11.3 Å². The molecular weight excluding hydrogens is 424 g/mol. The minimum atomic E-state index is -0.189. The number of aromatic nitrogens is 1. The van der Waals surface area contributed by atoms with Crippen molar-refractivity contribution in [3.8, 4) is 17.2 Å². The molecule has 1 aromatic heterocycles. The number of rotatable bonds is 8. The predicted molar refractivity (Wildman–Crippen MR) is 127 cm³/mol. The predicted octanol–water partition coefficient (Wildman–Crippen LogP) is 5.23. The van der Waals surface area contributed by atoms with E-state index in [9.17, 15) is 4.79 Å². The zero-order chi connectivity index (χ0) is 22.5. The summed E-state index contributed by atoms with van der Waals surface area (Å²) >= 11 is 1.39. The number of thiazole rings is 1. The number of hydrogen-bond acceptors (Lipinski definition) is 6. The normalized spacial score (nSPS) is 10.7. The van der Waals surface area contributed by atoms with Gasteiger partial charge in [-0.2, -0.15) is 0 Å². The Morgan fingerprint density at radius 2 is 1.62 bits per heavy atom. The Kier molecular flexibility index (Phi) is 6.56. The van der Waals surface area contributed by atoms with Crippen LogP contribution in [0.2, 0.25) is 0 Å². The lowest BCUT2D eigenvalue weighted by Crippen LogP contribution is -2.34. The Hall–Kier alpha value is -3.58. The van der Waals surface area contributed by atoms with E-state index in [1.807, 2.05) is 73.7 Å². The van der Waals surface area contributed by atoms with Crippen LogP contribution in [0.4, 0.5) is 5.13 Å². The Bertz CT molecular complexity index is 1170. The first-order valence-electron chi connectivity index (χ1n) is 10.1. The molecule has 0 fully saturated rings. The maximum atomic E-state index is 13.3. The topological polar surface area (TPSA) is 60.9 Å². The lowest BCUT2D eigenvalue weighted by atomic mass is 10.2. The van der Waals surface area contributed by atoms with Gasteiger partial charge in [0.25, 0.3) is 5.91 Å². The fourth-order valence-electron chi connectivity index (χ4n) is 3.28. The van der Waals surface area contributed by atoms with Gasteiger partial charge in [-0.1, -0.05) is 59.4 Å². The molecule has 0 saturated heterocycles. The molecule has 0 atom stereocenters. The summed E-state index contributed by atoms with van der Waals surface area (Å²) in [6.07, 6.45) is 0. The summed E-state index contributed by atoms with van der Waals surface area (Å²) in [5.74, 6) is 1.78. The number of nitrogens with zero attached hydrogens (tertiary/aromatic N) is 2. The summed E-state index contributed by atoms with van der Waals surface area (Å²) in [6.45, 7) is 2.29. The van der Waals surface area contributed by atoms with Crippen LogP contribution < -0.4 is 19.1 Å². The number of amides is 1. The molecule has 0 spiro atoms. The van der Waals surface area contributed by atoms with E-state index >= 15 is 0 Å². The number of methoxy groups -OCH3 is 2. The molecule has 6 nitrogen and oxygen atoms in total. The van der Waals surface area contributed by atoms with E-state index in [-0.39, 0.29) is 12.5 Å². The van der Waals surface area contributed by atoms with Crippen molar-refractivity contribution >= 4 is 32.6 Å². The summed E-state index contributed by atoms with van der Waals surface area (Å²) in [4.78, 5) is 19.7. The summed E-state index contributed by atoms with van der Waals surface area (Å²) in [5, 5.41) is 0.559. The smallest absolute Gasteiger partial charge is 0.267 e. The number of fused-ring (bicyclic) bond motifs is 1. The van der Waals surface area contributed by atoms with Gasteiger partial charge in [-0.3, -0.25) is 9.69 Å². The van der Waals surface area contributed by atoms with Crippen LogP contribution in [0.25, 0.3) is 10.2 Å². The molecule has 32 heavy (non-hydrogen) atoms. The van der Waals surface area contributed by atoms with Crippen molar-refractivity contribution in [3.63, 3.8) is 0 Å². The molecule has 1 heterocycles. The van der Waals surface area contributed by atoms with Crippen LogP contribution in [-0.4, -0.2) is 31.7 Å². The average molecular weight is 449 g/mol. The monoisotopic (exact) mass is 448 g/mol. The van der Waals surface area contributed by atoms with Crippen molar-refractivity contribution in [2.24, 2.45) is 0 Å². The minimum Gasteiger partial charge on any atom is -0.495 e. The van der Waals surface area contributed by atoms with E-state index in [2.05, 4.69) is 0 Å². The molecule has 0 radical (unpaired) electrons. The summed E-state index contributed by atoms with van der Waals surface area (Å²) in [7, 11) is 3.21. The largest absolute Gasteiger partial charge is 0.495 e. The van der Waals surface area contributed by atoms with Crippen molar-refractivity contribution in [2.45, 2.75) is 13.5 Å². The highest BCUT2D eigenvalue weighted by molar-refractivity contribution is 7.22. The van der Waals surface area contributed by atoms with Gasteiger partial charge < -0.3 is 14.2 Å². The maximum Gasteiger partial charge on any atom is 0.267 e. The molecule has 0 aliphatic heterocycles. The summed E-state index contributed by atoms with van der Waals surface area (Å²) in [5.41, 5.74) is 2.79. The zero-order valence-corrected chi connectivity index (χ0v) is 19.0. The highest BCUT2D eigenvalue weighted by Crippen LogP contribution is 2.40. The SMILES string of the molecule is COc1ccc(OC)c2sc(N(Cc3ccccc3)C(=O)COc3ccc(C)cc3)nc12. The first kappa shape index (κ1) is 21.6. The molecule has 3 aromatic carbocycles. The number of anilines is 1. The first-order valence-corrected chi connectivity index (χ1v) is 11.0. The first-order chi connectivity index (χ1) is 15.6. The Balaban J connectivity index is 1.67. The number of ether oxygens (including phenoxy) is 3. The van der Waals surface area contributed by atoms with Crippen LogP contribution in [0.15, 0.2) is 66.7 Å². The van der Waals surface area contributed by atoms with Gasteiger partial charge in [0.15, 0.2) is 11.7 Å². The molecule has 7 heteroatoms. The molecule has 164 valence electrons. The second-order valence-corrected chi connectivity index (χ2v) is 8.19. The van der Waals surface area contributed by atoms with Gasteiger partial charge in [0.2, 0.25) is 0 Å². The third-order valence-corrected chi connectivity index (χ3v) is 6.09. The molecule has 0 unspecified atom stereocenters. The molecule has 0 aliphatic carbocycles. The summed E-state index contributed by atoms with van der Waals surface area (Å²) < 4.78 is 17.6. The highest BCUT2D eigenvalue weighted by atomic mass is 32.1. The van der Waals surface area contributed by atoms with Crippen molar-refractivity contribution < 1.29 is 19.0 Å². The number of carbonyl (C=O) groups excluding carboxylic acids is 1. The average Bonchev–Trinajstić information content (AvgIpc) is 3.27. The van der Waals surface area contributed by atoms with Gasteiger partial charge in [0, 0.05) is 0 Å². The van der Waals surface area contributed by atoms with Crippen LogP contribution >= 0.6 is 11.3 Å². The minimum absolute atomic E-state index is 0.0971. The number of carbonyl (C=O) groups is 1. The fraction of sp³-hybridized carbons (Fsp3) is 0.200.